The third-order valence-corrected chi connectivity index (χ3v) is 8.75. The van der Waals surface area contributed by atoms with E-state index in [4.69, 9.17) is 5.73 Å². The fourth-order valence-electron chi connectivity index (χ4n) is 3.94. The summed E-state index contributed by atoms with van der Waals surface area (Å²) in [5, 5.41) is 8.50. The number of ether oxygens (including phenoxy) is 1. The first-order chi connectivity index (χ1) is 24.3. The monoisotopic (exact) mass is 740 g/mol. The Hall–Kier alpha value is -4.33. The van der Waals surface area contributed by atoms with Crippen molar-refractivity contribution in [1.29, 1.82) is 0 Å². The number of aryl methyl sites for hydroxylation is 2. The standard InChI is InChI=1S/C19H20N2S.C17H25N3S.C3H3F3O2/c1-4-22-13-17(20)10-8-16-9-11-19(21-12-16)18-7-5-6-14(2)15(18)3;1-4-15(5-2)19-11-7-8-14(12-18)9-10-16-13-21-17(6-3)20-16;1-8-2(7)3(4,5)6/h5-7,9,11-13H,4,20H2,1-3H3;7-8,12-13,15,19H,4-6,11,18H2,1-3H3;1H3/p+1/b17-13-;8-7-,14-12+;. The third kappa shape index (κ3) is 17.9. The summed E-state index contributed by atoms with van der Waals surface area (Å²) < 4.78 is 36.3. The number of rotatable bonds is 10. The van der Waals surface area contributed by atoms with Gasteiger partial charge in [0.1, 0.15) is 11.9 Å². The Morgan fingerprint density at radius 3 is 2.37 bits per heavy atom. The Balaban J connectivity index is 0.000000422. The van der Waals surface area contributed by atoms with Crippen LogP contribution < -0.4 is 16.8 Å². The number of methoxy groups -OCH3 is 1. The van der Waals surface area contributed by atoms with Crippen LogP contribution in [0.25, 0.3) is 11.3 Å². The quantitative estimate of drug-likeness (QED) is 0.112. The Morgan fingerprint density at radius 1 is 1.12 bits per heavy atom. The zero-order chi connectivity index (χ0) is 38.2. The average molecular weight is 741 g/mol. The van der Waals surface area contributed by atoms with E-state index in [2.05, 4.69) is 115 Å². The van der Waals surface area contributed by atoms with Gasteiger partial charge in [-0.1, -0.05) is 63.8 Å². The van der Waals surface area contributed by atoms with Crippen LogP contribution in [0.1, 0.15) is 67.9 Å². The van der Waals surface area contributed by atoms with Crippen LogP contribution in [0.4, 0.5) is 13.2 Å². The molecule has 0 spiro atoms. The van der Waals surface area contributed by atoms with Crippen LogP contribution in [-0.2, 0) is 16.0 Å². The van der Waals surface area contributed by atoms with E-state index in [-0.39, 0.29) is 0 Å². The van der Waals surface area contributed by atoms with E-state index in [0.717, 1.165) is 59.1 Å². The molecule has 3 rings (SSSR count). The molecule has 51 heavy (non-hydrogen) atoms. The smallest absolute Gasteiger partial charge is 0.462 e. The van der Waals surface area contributed by atoms with E-state index in [1.54, 1.807) is 35.5 Å². The van der Waals surface area contributed by atoms with E-state index >= 15 is 0 Å². The molecule has 3 aromatic rings. The van der Waals surface area contributed by atoms with Gasteiger partial charge in [-0.05, 0) is 80.0 Å². The number of allylic oxidation sites excluding steroid dienone is 3. The van der Waals surface area contributed by atoms with Crippen molar-refractivity contribution in [3.05, 3.63) is 104 Å². The lowest BCUT2D eigenvalue weighted by Crippen LogP contribution is -2.39. The number of aromatic nitrogens is 2. The van der Waals surface area contributed by atoms with Gasteiger partial charge >= 0.3 is 12.1 Å². The number of carbonyl (C=O) groups is 1. The molecule has 0 aliphatic carbocycles. The van der Waals surface area contributed by atoms with Gasteiger partial charge in [-0.2, -0.15) is 13.2 Å². The minimum absolute atomic E-state index is 0.588. The van der Waals surface area contributed by atoms with E-state index in [1.807, 2.05) is 29.0 Å². The number of quaternary nitrogens is 1. The molecule has 0 amide bonds. The molecule has 0 fully saturated rings. The molecule has 6 N–H and O–H groups in total. The fraction of sp³-hybridized carbons (Fsp3) is 0.359. The summed E-state index contributed by atoms with van der Waals surface area (Å²) >= 11 is 3.31. The molecule has 0 saturated carbocycles. The molecule has 0 aliphatic rings. The number of nitrogens with zero attached hydrogens (tertiary/aromatic N) is 2. The topological polar surface area (TPSA) is 118 Å². The number of halogens is 3. The number of alkyl halides is 3. The van der Waals surface area contributed by atoms with Crippen LogP contribution in [0.3, 0.4) is 0 Å². The summed E-state index contributed by atoms with van der Waals surface area (Å²) in [7, 11) is 0.676. The van der Waals surface area contributed by atoms with Crippen molar-refractivity contribution in [2.75, 3.05) is 19.4 Å². The summed E-state index contributed by atoms with van der Waals surface area (Å²) in [5.74, 6) is 11.0. The van der Waals surface area contributed by atoms with Crippen LogP contribution in [0, 0.1) is 37.5 Å². The van der Waals surface area contributed by atoms with Crippen LogP contribution in [0.15, 0.2) is 76.9 Å². The largest absolute Gasteiger partial charge is 0.490 e. The van der Waals surface area contributed by atoms with Crippen molar-refractivity contribution >= 4 is 29.1 Å². The Morgan fingerprint density at radius 2 is 1.84 bits per heavy atom. The van der Waals surface area contributed by atoms with Crippen LogP contribution in [-0.4, -0.2) is 47.6 Å². The number of nitrogens with two attached hydrogens (primary N) is 1. The molecule has 7 nitrogen and oxygen atoms in total. The SMILES string of the molecule is CCS/C=C(\N)C#Cc1ccc(-c2cccc(C)c2C)nc1.CCc1nc(C#CC(/C=C\CNC(CC)CC)=C/[NH3+])cs1.COC(=O)C(F)(F)F. The van der Waals surface area contributed by atoms with E-state index < -0.39 is 12.1 Å². The van der Waals surface area contributed by atoms with Gasteiger partial charge in [0.2, 0.25) is 0 Å². The highest BCUT2D eigenvalue weighted by atomic mass is 32.2. The number of thiazole rings is 1. The molecule has 2 heterocycles. The first-order valence-corrected chi connectivity index (χ1v) is 18.4. The fourth-order valence-corrected chi connectivity index (χ4v) is 5.03. The van der Waals surface area contributed by atoms with E-state index in [0.29, 0.717) is 18.8 Å². The number of hydrogen-bond donors (Lipinski definition) is 3. The van der Waals surface area contributed by atoms with Crippen LogP contribution in [0.5, 0.6) is 0 Å². The van der Waals surface area contributed by atoms with E-state index in [9.17, 15) is 18.0 Å². The maximum absolute atomic E-state index is 11.0. The Bertz CT molecular complexity index is 1720. The molecule has 0 unspecified atom stereocenters. The molecule has 0 saturated heterocycles. The highest BCUT2D eigenvalue weighted by Crippen LogP contribution is 2.23. The van der Waals surface area contributed by atoms with Gasteiger partial charge in [0, 0.05) is 40.7 Å². The number of nitrogens with one attached hydrogen (secondary N) is 1. The van der Waals surface area contributed by atoms with Crippen molar-refractivity contribution in [3.63, 3.8) is 0 Å². The predicted octanol–water partition coefficient (Wildman–Crippen LogP) is 7.51. The Labute approximate surface area is 309 Å². The number of esters is 1. The van der Waals surface area contributed by atoms with Crippen molar-refractivity contribution in [2.45, 2.75) is 73.0 Å². The van der Waals surface area contributed by atoms with Gasteiger partial charge in [-0.25, -0.2) is 9.78 Å². The van der Waals surface area contributed by atoms with Crippen LogP contribution >= 0.6 is 23.1 Å². The van der Waals surface area contributed by atoms with Gasteiger partial charge < -0.3 is 21.5 Å². The highest BCUT2D eigenvalue weighted by molar-refractivity contribution is 8.02. The molecule has 0 aliphatic heterocycles. The van der Waals surface area contributed by atoms with Gasteiger partial charge in [0.15, 0.2) is 0 Å². The first-order valence-electron chi connectivity index (χ1n) is 16.5. The number of pyridine rings is 1. The van der Waals surface area contributed by atoms with Crippen LogP contribution in [0.2, 0.25) is 0 Å². The lowest BCUT2D eigenvalue weighted by molar-refractivity contribution is -0.275. The number of benzene rings is 1. The molecule has 0 bridgehead atoms. The second-order valence-corrected chi connectivity index (χ2v) is 12.8. The Kier molecular flexibility index (Phi) is 21.7. The third-order valence-electron chi connectivity index (χ3n) is 7.01. The van der Waals surface area contributed by atoms with E-state index in [1.165, 1.54) is 16.7 Å². The summed E-state index contributed by atoms with van der Waals surface area (Å²) in [6, 6.07) is 10.9. The highest BCUT2D eigenvalue weighted by Gasteiger charge is 2.40. The summed E-state index contributed by atoms with van der Waals surface area (Å²) in [6.07, 6.45) is 6.13. The predicted molar refractivity (Wildman–Crippen MR) is 205 cm³/mol. The van der Waals surface area contributed by atoms with Crippen molar-refractivity contribution in [1.82, 2.24) is 15.3 Å². The number of carbonyl (C=O) groups excluding carboxylic acids is 1. The maximum atomic E-state index is 11.0. The summed E-state index contributed by atoms with van der Waals surface area (Å²) in [6.45, 7) is 13.7. The summed E-state index contributed by atoms with van der Waals surface area (Å²) in [5.41, 5.74) is 17.5. The van der Waals surface area contributed by atoms with Crippen molar-refractivity contribution in [3.8, 4) is 34.9 Å². The molecular formula is C39H49F3N5O2S2+. The first kappa shape index (κ1) is 44.7. The molecule has 2 aromatic heterocycles. The molecule has 0 radical (unpaired) electrons. The van der Waals surface area contributed by atoms with Gasteiger partial charge in [-0.15, -0.1) is 23.1 Å². The lowest BCUT2D eigenvalue weighted by atomic mass is 10.0. The second kappa shape index (κ2) is 24.8. The minimum Gasteiger partial charge on any atom is -0.462 e. The van der Waals surface area contributed by atoms with Gasteiger partial charge in [-0.3, -0.25) is 4.98 Å². The number of hydrogen-bond acceptors (Lipinski definition) is 8. The molecular weight excluding hydrogens is 692 g/mol. The summed E-state index contributed by atoms with van der Waals surface area (Å²) in [4.78, 5) is 18.4. The average Bonchev–Trinajstić information content (AvgIpc) is 3.60. The number of thioether (sulfide) groups is 1. The molecule has 1 aromatic carbocycles. The zero-order valence-corrected chi connectivity index (χ0v) is 32.0. The van der Waals surface area contributed by atoms with Gasteiger partial charge in [0.05, 0.1) is 29.1 Å². The zero-order valence-electron chi connectivity index (χ0n) is 30.4. The lowest BCUT2D eigenvalue weighted by Gasteiger charge is -2.12. The molecule has 0 atom stereocenters. The van der Waals surface area contributed by atoms with Crippen molar-refractivity contribution < 1.29 is 28.4 Å². The normalized spacial score (nSPS) is 11.4. The van der Waals surface area contributed by atoms with Gasteiger partial charge in [0.25, 0.3) is 0 Å². The van der Waals surface area contributed by atoms with Crippen molar-refractivity contribution in [2.24, 2.45) is 5.73 Å². The molecule has 274 valence electrons. The maximum Gasteiger partial charge on any atom is 0.490 e. The second-order valence-electron chi connectivity index (χ2n) is 10.7. The minimum atomic E-state index is -4.85. The molecule has 12 heteroatoms.